The lowest BCUT2D eigenvalue weighted by Gasteiger charge is -2.13. The van der Waals surface area contributed by atoms with Crippen LogP contribution in [0.25, 0.3) is 0 Å². The lowest BCUT2D eigenvalue weighted by Crippen LogP contribution is -2.38. The van der Waals surface area contributed by atoms with Crippen LogP contribution in [0.4, 0.5) is 0 Å². The quantitative estimate of drug-likeness (QED) is 0.565. The van der Waals surface area contributed by atoms with Gasteiger partial charge in [-0.2, -0.15) is 0 Å². The Morgan fingerprint density at radius 1 is 1.47 bits per heavy atom. The highest BCUT2D eigenvalue weighted by Crippen LogP contribution is 2.03. The van der Waals surface area contributed by atoms with Crippen LogP contribution in [0, 0.1) is 0 Å². The fourth-order valence-electron chi connectivity index (χ4n) is 1.28. The minimum atomic E-state index is -0.616. The fourth-order valence-corrected chi connectivity index (χ4v) is 1.28. The third-order valence-corrected chi connectivity index (χ3v) is 2.04. The van der Waals surface area contributed by atoms with Crippen LogP contribution in [0.15, 0.2) is 30.3 Å². The summed E-state index contributed by atoms with van der Waals surface area (Å²) in [5, 5.41) is 2.43. The van der Waals surface area contributed by atoms with Gasteiger partial charge in [-0.25, -0.2) is 4.79 Å². The molecule has 80 valence electrons. The van der Waals surface area contributed by atoms with E-state index < -0.39 is 12.0 Å². The summed E-state index contributed by atoms with van der Waals surface area (Å²) in [7, 11) is 1.30. The van der Waals surface area contributed by atoms with E-state index in [0.717, 1.165) is 5.56 Å². The topological polar surface area (TPSA) is 55.4 Å². The Morgan fingerprint density at radius 3 is 2.67 bits per heavy atom. The monoisotopic (exact) mass is 207 g/mol. The molecule has 15 heavy (non-hydrogen) atoms. The Labute approximate surface area is 88.2 Å². The minimum Gasteiger partial charge on any atom is -0.467 e. The SMILES string of the molecule is COC(=O)[C@H](Cc1ccccc1)NC=O. The molecule has 4 nitrogen and oxygen atoms in total. The lowest BCUT2D eigenvalue weighted by atomic mass is 10.1. The number of methoxy groups -OCH3 is 1. The average Bonchev–Trinajstić information content (AvgIpc) is 2.29. The van der Waals surface area contributed by atoms with Gasteiger partial charge in [-0.3, -0.25) is 4.79 Å². The first-order chi connectivity index (χ1) is 7.27. The lowest BCUT2D eigenvalue weighted by molar-refractivity contribution is -0.144. The van der Waals surface area contributed by atoms with Crippen molar-refractivity contribution >= 4 is 12.4 Å². The number of hydrogen-bond acceptors (Lipinski definition) is 3. The summed E-state index contributed by atoms with van der Waals surface area (Å²) in [5.74, 6) is -0.439. The number of rotatable bonds is 5. The van der Waals surface area contributed by atoms with Gasteiger partial charge in [0.1, 0.15) is 6.04 Å². The molecule has 1 N–H and O–H groups in total. The van der Waals surface area contributed by atoms with E-state index in [1.807, 2.05) is 30.3 Å². The van der Waals surface area contributed by atoms with Crippen molar-refractivity contribution in [2.75, 3.05) is 7.11 Å². The summed E-state index contributed by atoms with van der Waals surface area (Å²) in [4.78, 5) is 21.6. The minimum absolute atomic E-state index is 0.437. The second kappa shape index (κ2) is 5.80. The standard InChI is InChI=1S/C11H13NO3/c1-15-11(14)10(12-8-13)7-9-5-3-2-4-6-9/h2-6,8,10H,7H2,1H3,(H,12,13)/t10-/m0/s1. The van der Waals surface area contributed by atoms with Gasteiger partial charge >= 0.3 is 5.97 Å². The molecule has 0 aliphatic heterocycles. The van der Waals surface area contributed by atoms with Gasteiger partial charge in [0.15, 0.2) is 0 Å². The Kier molecular flexibility index (Phi) is 4.34. The van der Waals surface area contributed by atoms with Gasteiger partial charge in [0.2, 0.25) is 6.41 Å². The van der Waals surface area contributed by atoms with Crippen molar-refractivity contribution in [2.45, 2.75) is 12.5 Å². The first-order valence-electron chi connectivity index (χ1n) is 4.59. The molecule has 0 spiro atoms. The highest BCUT2D eigenvalue weighted by Gasteiger charge is 2.18. The van der Waals surface area contributed by atoms with E-state index >= 15 is 0 Å². The van der Waals surface area contributed by atoms with Crippen molar-refractivity contribution in [1.29, 1.82) is 0 Å². The predicted molar refractivity (Wildman–Crippen MR) is 55.1 cm³/mol. The highest BCUT2D eigenvalue weighted by molar-refractivity contribution is 5.78. The van der Waals surface area contributed by atoms with Crippen LogP contribution in [0.3, 0.4) is 0 Å². The van der Waals surface area contributed by atoms with Crippen molar-refractivity contribution in [3.63, 3.8) is 0 Å². The Hall–Kier alpha value is -1.84. The molecule has 1 amide bonds. The second-order valence-corrected chi connectivity index (χ2v) is 3.05. The van der Waals surface area contributed by atoms with Crippen LogP contribution in [0.1, 0.15) is 5.56 Å². The van der Waals surface area contributed by atoms with Crippen molar-refractivity contribution in [1.82, 2.24) is 5.32 Å². The van der Waals surface area contributed by atoms with Gasteiger partial charge in [0.25, 0.3) is 0 Å². The summed E-state index contributed by atoms with van der Waals surface area (Å²) in [6.45, 7) is 0. The normalized spacial score (nSPS) is 11.5. The molecule has 1 rings (SSSR count). The van der Waals surface area contributed by atoms with Gasteiger partial charge in [-0.05, 0) is 5.56 Å². The molecule has 1 atom stereocenters. The number of ether oxygens (including phenoxy) is 1. The molecule has 1 aromatic carbocycles. The molecule has 0 heterocycles. The number of hydrogen-bond donors (Lipinski definition) is 1. The number of esters is 1. The molecule has 0 radical (unpaired) electrons. The van der Waals surface area contributed by atoms with Crippen LogP contribution < -0.4 is 5.32 Å². The van der Waals surface area contributed by atoms with Crippen molar-refractivity contribution in [3.05, 3.63) is 35.9 Å². The van der Waals surface area contributed by atoms with Gasteiger partial charge in [0.05, 0.1) is 7.11 Å². The first-order valence-corrected chi connectivity index (χ1v) is 4.59. The molecule has 0 aromatic heterocycles. The molecule has 0 fully saturated rings. The zero-order valence-corrected chi connectivity index (χ0v) is 8.47. The number of benzene rings is 1. The maximum Gasteiger partial charge on any atom is 0.328 e. The fraction of sp³-hybridized carbons (Fsp3) is 0.273. The summed E-state index contributed by atoms with van der Waals surface area (Å²) in [6, 6.07) is 8.82. The maximum atomic E-state index is 11.3. The van der Waals surface area contributed by atoms with Crippen LogP contribution >= 0.6 is 0 Å². The zero-order chi connectivity index (χ0) is 11.1. The Bertz CT molecular complexity index is 324. The van der Waals surface area contributed by atoms with Crippen molar-refractivity contribution in [3.8, 4) is 0 Å². The molecule has 0 saturated heterocycles. The summed E-state index contributed by atoms with van der Waals surface area (Å²) in [5.41, 5.74) is 0.974. The molecule has 0 saturated carbocycles. The second-order valence-electron chi connectivity index (χ2n) is 3.05. The van der Waals surface area contributed by atoms with Gasteiger partial charge in [-0.15, -0.1) is 0 Å². The van der Waals surface area contributed by atoms with E-state index in [2.05, 4.69) is 10.1 Å². The van der Waals surface area contributed by atoms with Crippen LogP contribution in [0.2, 0.25) is 0 Å². The van der Waals surface area contributed by atoms with Crippen molar-refractivity contribution in [2.24, 2.45) is 0 Å². The Morgan fingerprint density at radius 2 is 2.13 bits per heavy atom. The molecule has 0 aliphatic carbocycles. The number of carbonyl (C=O) groups excluding carboxylic acids is 2. The van der Waals surface area contributed by atoms with Gasteiger partial charge < -0.3 is 10.1 Å². The summed E-state index contributed by atoms with van der Waals surface area (Å²) < 4.78 is 4.58. The maximum absolute atomic E-state index is 11.3. The van der Waals surface area contributed by atoms with E-state index in [4.69, 9.17) is 0 Å². The number of carbonyl (C=O) groups is 2. The molecule has 4 heteroatoms. The van der Waals surface area contributed by atoms with E-state index in [1.165, 1.54) is 7.11 Å². The third-order valence-electron chi connectivity index (χ3n) is 2.04. The van der Waals surface area contributed by atoms with E-state index in [9.17, 15) is 9.59 Å². The van der Waals surface area contributed by atoms with Crippen LogP contribution in [-0.2, 0) is 20.7 Å². The number of nitrogens with one attached hydrogen (secondary N) is 1. The molecule has 0 aliphatic rings. The van der Waals surface area contributed by atoms with Gasteiger partial charge in [0, 0.05) is 6.42 Å². The summed E-state index contributed by atoms with van der Waals surface area (Å²) >= 11 is 0. The van der Waals surface area contributed by atoms with E-state index in [0.29, 0.717) is 12.8 Å². The smallest absolute Gasteiger partial charge is 0.328 e. The predicted octanol–water partition coefficient (Wildman–Crippen LogP) is 0.517. The highest BCUT2D eigenvalue weighted by atomic mass is 16.5. The Balaban J connectivity index is 2.66. The van der Waals surface area contributed by atoms with Crippen LogP contribution in [-0.4, -0.2) is 25.5 Å². The number of amides is 1. The molecule has 0 bridgehead atoms. The average molecular weight is 207 g/mol. The zero-order valence-electron chi connectivity index (χ0n) is 8.47. The van der Waals surface area contributed by atoms with Crippen molar-refractivity contribution < 1.29 is 14.3 Å². The third kappa shape index (κ3) is 3.42. The van der Waals surface area contributed by atoms with E-state index in [-0.39, 0.29) is 0 Å². The molecule has 0 unspecified atom stereocenters. The first kappa shape index (κ1) is 11.2. The molecular formula is C11H13NO3. The van der Waals surface area contributed by atoms with Crippen LogP contribution in [0.5, 0.6) is 0 Å². The molecular weight excluding hydrogens is 194 g/mol. The molecule has 1 aromatic rings. The van der Waals surface area contributed by atoms with E-state index in [1.54, 1.807) is 0 Å². The summed E-state index contributed by atoms with van der Waals surface area (Å²) in [6.07, 6.45) is 0.941. The van der Waals surface area contributed by atoms with Gasteiger partial charge in [-0.1, -0.05) is 30.3 Å². The largest absolute Gasteiger partial charge is 0.467 e.